The van der Waals surface area contributed by atoms with Gasteiger partial charge in [-0.1, -0.05) is 0 Å². The monoisotopic (exact) mass is 169 g/mol. The predicted octanol–water partition coefficient (Wildman–Crippen LogP) is -8.43. The fraction of sp³-hybridized carbons (Fsp3) is 0. The van der Waals surface area contributed by atoms with E-state index >= 15 is 0 Å². The van der Waals surface area contributed by atoms with Crippen molar-refractivity contribution in [1.29, 1.82) is 17.4 Å². The van der Waals surface area contributed by atoms with Crippen LogP contribution in [0.2, 0.25) is 0 Å². The number of hydrogen-bond donors (Lipinski definition) is 0. The average molecular weight is 167 g/mol. The molecule has 0 nitrogen and oxygen atoms in total. The molecule has 0 aromatic carbocycles. The lowest BCUT2D eigenvalue weighted by atomic mass is 8.86. The van der Waals surface area contributed by atoms with Crippen molar-refractivity contribution in [2.45, 2.75) is 0 Å². The van der Waals surface area contributed by atoms with Crippen molar-refractivity contribution in [2.75, 3.05) is 0 Å². The van der Waals surface area contributed by atoms with E-state index in [0.717, 1.165) is 0 Å². The van der Waals surface area contributed by atoms with E-state index in [2.05, 4.69) is 0 Å². The van der Waals surface area contributed by atoms with Gasteiger partial charge in [0.15, 0.2) is 0 Å². The zero-order valence-corrected chi connectivity index (χ0v) is 7.51. The highest BCUT2D eigenvalue weighted by Gasteiger charge is 2.00. The highest BCUT2D eigenvalue weighted by atomic mass is 12.8. The van der Waals surface area contributed by atoms with E-state index in [1.165, 1.54) is 0 Å². The maximum Gasteiger partial charge on any atom is 0.0379 e. The van der Waals surface area contributed by atoms with Crippen LogP contribution in [0.3, 0.4) is 0 Å². The summed E-state index contributed by atoms with van der Waals surface area (Å²) in [5, 5.41) is 0. The zero-order valence-electron chi connectivity index (χ0n) is 20.5. The number of hydrogen-bond acceptors (Lipinski definition) is 0. The van der Waals surface area contributed by atoms with Crippen molar-refractivity contribution in [2.24, 2.45) is 0 Å². The molecule has 0 spiro atoms. The highest BCUT2D eigenvalue weighted by Crippen LogP contribution is 1.58. The smallest absolute Gasteiger partial charge is 0.0379 e. The molecule has 0 atom stereocenters. The zero-order chi connectivity index (χ0) is 20.8. The second-order valence-electron chi connectivity index (χ2n) is 2.12. The minimum absolute atomic E-state index is 0.649. The first-order valence-corrected chi connectivity index (χ1v) is 4.00. The molecule has 0 rings (SSSR count). The summed E-state index contributed by atoms with van der Waals surface area (Å²) < 4.78 is 99.2. The second-order valence-corrected chi connectivity index (χ2v) is 2.12. The van der Waals surface area contributed by atoms with Gasteiger partial charge in [0, 0.05) is 92.7 Å². The van der Waals surface area contributed by atoms with E-state index in [-0.39, 0.29) is 0 Å². The molecular formula is H13B13. The Morgan fingerprint density at radius 2 is 0.923 bits per heavy atom. The minimum Gasteiger partial charge on any atom is -0.0379 e. The van der Waals surface area contributed by atoms with E-state index in [1.807, 2.05) is 0 Å². The second kappa shape index (κ2) is 12.8. The Hall–Kier alpha value is 0.844. The van der Waals surface area contributed by atoms with Gasteiger partial charge < -0.3 is 0 Å². The van der Waals surface area contributed by atoms with E-state index < -0.39 is 77.3 Å². The molecule has 13 heavy (non-hydrogen) atoms. The van der Waals surface area contributed by atoms with Gasteiger partial charge in [-0.05, 0) is 17.4 Å². The molecule has 0 saturated carbocycles. The number of rotatable bonds is 12. The maximum atomic E-state index is 7.93. The molecule has 0 bridgehead atoms. The van der Waals surface area contributed by atoms with Crippen LogP contribution < -0.4 is 0 Å². The fourth-order valence-electron chi connectivity index (χ4n) is 0.577. The Labute approximate surface area is 111 Å². The quantitative estimate of drug-likeness (QED) is 0.253. The van der Waals surface area contributed by atoms with Crippen LogP contribution in [0.5, 0.6) is 0 Å². The molecule has 0 saturated heterocycles. The highest BCUT2D eigenvalue weighted by molar-refractivity contribution is 7.71. The van der Waals surface area contributed by atoms with Crippen molar-refractivity contribution < 1.29 is 0 Å². The molecular weight excluding hydrogens is 141 g/mol. The molecule has 2 radical (unpaired) electrons. The summed E-state index contributed by atoms with van der Waals surface area (Å²) >= 11 is 0. The van der Waals surface area contributed by atoms with Crippen LogP contribution in [0.15, 0.2) is 0 Å². The first-order valence-electron chi connectivity index (χ1n) is 11.5. The first kappa shape index (κ1) is 3.42. The van der Waals surface area contributed by atoms with E-state index in [1.54, 1.807) is 0 Å². The van der Waals surface area contributed by atoms with Crippen molar-refractivity contribution >= 4 is 92.7 Å². The van der Waals surface area contributed by atoms with Gasteiger partial charge in [-0.15, -0.1) is 0 Å². The molecule has 0 aliphatic rings. The van der Waals surface area contributed by atoms with Gasteiger partial charge in [0.1, 0.15) is 0 Å². The normalized spacial score (nSPS) is 20.5. The van der Waals surface area contributed by atoms with Gasteiger partial charge in [-0.25, -0.2) is 0 Å². The fourth-order valence-corrected chi connectivity index (χ4v) is 0.577. The summed E-state index contributed by atoms with van der Waals surface area (Å²) in [4.78, 5) is 0. The third kappa shape index (κ3) is 12.8. The molecule has 0 N–H and O–H groups in total. The molecule has 0 heterocycles. The molecule has 0 aliphatic heterocycles. The molecule has 0 amide bonds. The van der Waals surface area contributed by atoms with Crippen LogP contribution >= 0.6 is 0 Å². The van der Waals surface area contributed by atoms with Crippen LogP contribution in [0.25, 0.3) is 0 Å². The van der Waals surface area contributed by atoms with Crippen molar-refractivity contribution in [3.8, 4) is 0 Å². The lowest BCUT2D eigenvalue weighted by molar-refractivity contribution is 3.81. The average Bonchev–Trinajstić information content (AvgIpc) is 2.66. The topological polar surface area (TPSA) is 0 Å². The SMILES string of the molecule is [2H][B]B([2H])B([2H])B([2H])B([2H])B([2H])B([2H])B([2H])B([2H])B([2H])B([2H])B([2H])[B][2H]. The molecule has 0 unspecified atom stereocenters. The molecule has 52 valence electrons. The summed E-state index contributed by atoms with van der Waals surface area (Å²) in [6.07, 6.45) is 0. The van der Waals surface area contributed by atoms with Gasteiger partial charge in [0.2, 0.25) is 0 Å². The summed E-state index contributed by atoms with van der Waals surface area (Å²) in [5.41, 5.74) is 0. The Balaban J connectivity index is 5.00. The summed E-state index contributed by atoms with van der Waals surface area (Å²) in [6, 6.07) is 0. The molecule has 0 aromatic heterocycles. The third-order valence-corrected chi connectivity index (χ3v) is 1.11. The van der Waals surface area contributed by atoms with Gasteiger partial charge in [-0.2, -0.15) is 0 Å². The van der Waals surface area contributed by atoms with E-state index in [0.29, 0.717) is 15.4 Å². The first-order chi connectivity index (χ1) is 11.9. The Morgan fingerprint density at radius 1 is 0.615 bits per heavy atom. The van der Waals surface area contributed by atoms with Gasteiger partial charge in [-0.3, -0.25) is 0 Å². The van der Waals surface area contributed by atoms with Crippen LogP contribution in [0.4, 0.5) is 0 Å². The minimum atomic E-state index is -1.64. The summed E-state index contributed by atoms with van der Waals surface area (Å²) in [7, 11) is -15.5. The summed E-state index contributed by atoms with van der Waals surface area (Å²) in [6.45, 7) is 0. The molecule has 13 heteroatoms. The van der Waals surface area contributed by atoms with E-state index in [4.69, 9.17) is 17.4 Å². The van der Waals surface area contributed by atoms with Gasteiger partial charge in [0.25, 0.3) is 0 Å². The predicted molar refractivity (Wildman–Crippen MR) is 92.9 cm³/mol. The van der Waals surface area contributed by atoms with Crippen LogP contribution in [-0.2, 0) is 0 Å². The van der Waals surface area contributed by atoms with Crippen molar-refractivity contribution in [3.05, 3.63) is 0 Å². The Kier molecular flexibility index (Phi) is 3.38. The Bertz CT molecular complexity index is 351. The standard InChI is InChI=1S/B13H13/c1-3-5-7-9-11-13-12-10-8-6-4-2/h1-13H/i1D,2D,3D,4D,5D,6D,7D,8D,9D,10D,11D,12D,13D. The lowest BCUT2D eigenvalue weighted by Gasteiger charge is -1.91. The van der Waals surface area contributed by atoms with Crippen molar-refractivity contribution in [1.82, 2.24) is 0 Å². The Morgan fingerprint density at radius 3 is 1.23 bits per heavy atom. The van der Waals surface area contributed by atoms with Crippen molar-refractivity contribution in [3.63, 3.8) is 0 Å². The maximum absolute atomic E-state index is 7.93. The third-order valence-electron chi connectivity index (χ3n) is 1.11. The van der Waals surface area contributed by atoms with Gasteiger partial charge in [0.05, 0.1) is 0 Å². The van der Waals surface area contributed by atoms with E-state index in [9.17, 15) is 0 Å². The molecule has 0 aromatic rings. The largest absolute Gasteiger partial charge is 0.0379 e. The van der Waals surface area contributed by atoms with Gasteiger partial charge >= 0.3 is 0 Å². The molecule has 0 aliphatic carbocycles. The van der Waals surface area contributed by atoms with Crippen LogP contribution in [0.1, 0.15) is 0 Å². The lowest BCUT2D eigenvalue weighted by Crippen LogP contribution is -2.33. The molecule has 0 fully saturated rings. The van der Waals surface area contributed by atoms with Crippen LogP contribution in [0, 0.1) is 0 Å². The summed E-state index contributed by atoms with van der Waals surface area (Å²) in [5.74, 6) is 0. The van der Waals surface area contributed by atoms with Crippen LogP contribution in [-0.4, -0.2) is 110 Å².